The van der Waals surface area contributed by atoms with Gasteiger partial charge in [0.1, 0.15) is 6.10 Å². The molecular weight excluding hydrogens is 376 g/mol. The smallest absolute Gasteiger partial charge is 0.290 e. The molecule has 1 amide bonds. The molecule has 0 spiro atoms. The highest BCUT2D eigenvalue weighted by Crippen LogP contribution is 2.47. The zero-order valence-electron chi connectivity index (χ0n) is 16.0. The molecule has 5 rings (SSSR count). The first-order valence-electron chi connectivity index (χ1n) is 10.3. The third-order valence-corrected chi connectivity index (χ3v) is 7.36. The topological polar surface area (TPSA) is 59.1 Å². The average molecular weight is 403 g/mol. The van der Waals surface area contributed by atoms with Crippen molar-refractivity contribution < 1.29 is 19.1 Å². The highest BCUT2D eigenvalue weighted by Gasteiger charge is 2.52. The van der Waals surface area contributed by atoms with Gasteiger partial charge in [0.2, 0.25) is 0 Å². The van der Waals surface area contributed by atoms with Crippen LogP contribution >= 0.6 is 11.3 Å². The van der Waals surface area contributed by atoms with Gasteiger partial charge < -0.3 is 14.4 Å². The molecule has 4 aliphatic rings. The van der Waals surface area contributed by atoms with Gasteiger partial charge in [-0.05, 0) is 30.7 Å². The molecule has 0 bridgehead atoms. The standard InChI is InChI=1S/C21H26N2O4S/c24-19-14-4-1-2-5-15(14)27-20-17(19)18(16-6-3-13-28-16)23(21(20)25)8-7-22-9-11-26-12-10-22/h3,6,13-15,18H,1-2,4-5,7-12H2. The van der Waals surface area contributed by atoms with Crippen LogP contribution < -0.4 is 0 Å². The minimum atomic E-state index is -0.293. The number of ketones is 1. The quantitative estimate of drug-likeness (QED) is 0.774. The number of hydrogen-bond acceptors (Lipinski definition) is 6. The number of ether oxygens (including phenoxy) is 2. The Morgan fingerprint density at radius 2 is 1.93 bits per heavy atom. The SMILES string of the molecule is O=C1C2=C(OC3CCCCC13)C(=O)N(CCN1CCOCC1)C2c1cccs1. The Bertz CT molecular complexity index is 784. The summed E-state index contributed by atoms with van der Waals surface area (Å²) in [6, 6.07) is 3.72. The maximum absolute atomic E-state index is 13.4. The molecule has 1 saturated heterocycles. The maximum atomic E-state index is 13.4. The van der Waals surface area contributed by atoms with Crippen LogP contribution in [0.3, 0.4) is 0 Å². The molecular formula is C21H26N2O4S. The Morgan fingerprint density at radius 1 is 1.11 bits per heavy atom. The summed E-state index contributed by atoms with van der Waals surface area (Å²) in [6.07, 6.45) is 3.77. The summed E-state index contributed by atoms with van der Waals surface area (Å²) in [5.74, 6) is 0.279. The molecule has 4 heterocycles. The Kier molecular flexibility index (Phi) is 4.99. The van der Waals surface area contributed by atoms with E-state index in [-0.39, 0.29) is 29.8 Å². The fourth-order valence-corrected chi connectivity index (χ4v) is 5.79. The predicted octanol–water partition coefficient (Wildman–Crippen LogP) is 2.38. The molecule has 3 aliphatic heterocycles. The minimum absolute atomic E-state index is 0.0815. The van der Waals surface area contributed by atoms with Crippen LogP contribution in [0.15, 0.2) is 28.8 Å². The van der Waals surface area contributed by atoms with E-state index in [1.807, 2.05) is 22.4 Å². The lowest BCUT2D eigenvalue weighted by atomic mass is 9.78. The van der Waals surface area contributed by atoms with Gasteiger partial charge in [-0.3, -0.25) is 14.5 Å². The Morgan fingerprint density at radius 3 is 2.71 bits per heavy atom. The molecule has 2 fully saturated rings. The number of amides is 1. The van der Waals surface area contributed by atoms with Gasteiger partial charge in [0.15, 0.2) is 11.5 Å². The van der Waals surface area contributed by atoms with Crippen molar-refractivity contribution in [2.75, 3.05) is 39.4 Å². The summed E-state index contributed by atoms with van der Waals surface area (Å²) in [5.41, 5.74) is 0.609. The van der Waals surface area contributed by atoms with Crippen LogP contribution in [0.1, 0.15) is 36.6 Å². The van der Waals surface area contributed by atoms with Crippen molar-refractivity contribution >= 4 is 23.0 Å². The molecule has 3 unspecified atom stereocenters. The van der Waals surface area contributed by atoms with Gasteiger partial charge in [0.25, 0.3) is 5.91 Å². The molecule has 0 radical (unpaired) electrons. The van der Waals surface area contributed by atoms with Crippen LogP contribution in [-0.4, -0.2) is 67.0 Å². The van der Waals surface area contributed by atoms with E-state index in [1.54, 1.807) is 11.3 Å². The van der Waals surface area contributed by atoms with Crippen molar-refractivity contribution in [2.24, 2.45) is 5.92 Å². The van der Waals surface area contributed by atoms with Crippen molar-refractivity contribution in [3.63, 3.8) is 0 Å². The molecule has 1 aromatic heterocycles. The van der Waals surface area contributed by atoms with Gasteiger partial charge in [-0.15, -0.1) is 11.3 Å². The van der Waals surface area contributed by atoms with Crippen molar-refractivity contribution in [3.05, 3.63) is 33.7 Å². The summed E-state index contributed by atoms with van der Waals surface area (Å²) >= 11 is 1.61. The van der Waals surface area contributed by atoms with Crippen molar-refractivity contribution in [2.45, 2.75) is 37.8 Å². The lowest BCUT2D eigenvalue weighted by Crippen LogP contribution is -2.43. The normalized spacial score (nSPS) is 31.0. The van der Waals surface area contributed by atoms with Gasteiger partial charge >= 0.3 is 0 Å². The van der Waals surface area contributed by atoms with Crippen LogP contribution in [0.2, 0.25) is 0 Å². The first-order chi connectivity index (χ1) is 13.7. The Hall–Kier alpha value is -1.70. The van der Waals surface area contributed by atoms with Crippen LogP contribution in [0, 0.1) is 5.92 Å². The van der Waals surface area contributed by atoms with Gasteiger partial charge in [0.05, 0.1) is 30.7 Å². The van der Waals surface area contributed by atoms with Crippen molar-refractivity contribution in [1.29, 1.82) is 0 Å². The Labute approximate surface area is 169 Å². The summed E-state index contributed by atoms with van der Waals surface area (Å²) in [4.78, 5) is 31.9. The van der Waals surface area contributed by atoms with E-state index in [1.165, 1.54) is 0 Å². The number of hydrogen-bond donors (Lipinski definition) is 0. The lowest BCUT2D eigenvalue weighted by molar-refractivity contribution is -0.135. The van der Waals surface area contributed by atoms with Gasteiger partial charge in [0, 0.05) is 31.1 Å². The molecule has 3 atom stereocenters. The van der Waals surface area contributed by atoms with Crippen LogP contribution in [0.5, 0.6) is 0 Å². The minimum Gasteiger partial charge on any atom is -0.483 e. The van der Waals surface area contributed by atoms with E-state index in [0.717, 1.165) is 63.4 Å². The predicted molar refractivity (Wildman–Crippen MR) is 105 cm³/mol. The zero-order chi connectivity index (χ0) is 19.1. The Balaban J connectivity index is 1.44. The number of fused-ring (bicyclic) bond motifs is 1. The van der Waals surface area contributed by atoms with Crippen molar-refractivity contribution in [1.82, 2.24) is 9.80 Å². The molecule has 1 aromatic rings. The lowest BCUT2D eigenvalue weighted by Gasteiger charge is -2.35. The first-order valence-corrected chi connectivity index (χ1v) is 11.2. The van der Waals surface area contributed by atoms with Gasteiger partial charge in [-0.25, -0.2) is 0 Å². The van der Waals surface area contributed by atoms with Crippen LogP contribution in [0.4, 0.5) is 0 Å². The second kappa shape index (κ2) is 7.61. The molecule has 1 saturated carbocycles. The van der Waals surface area contributed by atoms with E-state index in [0.29, 0.717) is 17.9 Å². The average Bonchev–Trinajstić information content (AvgIpc) is 3.35. The van der Waals surface area contributed by atoms with Gasteiger partial charge in [-0.2, -0.15) is 0 Å². The number of thiophene rings is 1. The largest absolute Gasteiger partial charge is 0.483 e. The molecule has 1 aliphatic carbocycles. The summed E-state index contributed by atoms with van der Waals surface area (Å²) in [7, 11) is 0. The van der Waals surface area contributed by atoms with E-state index < -0.39 is 0 Å². The highest BCUT2D eigenvalue weighted by atomic mass is 32.1. The van der Waals surface area contributed by atoms with E-state index in [4.69, 9.17) is 9.47 Å². The van der Waals surface area contributed by atoms with Crippen LogP contribution in [-0.2, 0) is 19.1 Å². The van der Waals surface area contributed by atoms with E-state index in [9.17, 15) is 9.59 Å². The third-order valence-electron chi connectivity index (χ3n) is 6.43. The number of rotatable bonds is 4. The summed E-state index contributed by atoms with van der Waals surface area (Å²) in [5, 5.41) is 2.01. The number of carbonyl (C=O) groups excluding carboxylic acids is 2. The second-order valence-electron chi connectivity index (χ2n) is 8.02. The fourth-order valence-electron chi connectivity index (χ4n) is 4.94. The number of morpholine rings is 1. The second-order valence-corrected chi connectivity index (χ2v) is 9.00. The number of carbonyl (C=O) groups is 2. The first kappa shape index (κ1) is 18.3. The molecule has 28 heavy (non-hydrogen) atoms. The molecule has 0 aromatic carbocycles. The molecule has 6 nitrogen and oxygen atoms in total. The number of Topliss-reactive ketones (excluding diaryl/α,β-unsaturated/α-hetero) is 1. The monoisotopic (exact) mass is 402 g/mol. The maximum Gasteiger partial charge on any atom is 0.290 e. The summed E-state index contributed by atoms with van der Waals surface area (Å²) < 4.78 is 11.6. The van der Waals surface area contributed by atoms with Gasteiger partial charge in [-0.1, -0.05) is 12.5 Å². The molecule has 7 heteroatoms. The summed E-state index contributed by atoms with van der Waals surface area (Å²) in [6.45, 7) is 4.64. The van der Waals surface area contributed by atoms with E-state index in [2.05, 4.69) is 4.90 Å². The number of nitrogens with zero attached hydrogens (tertiary/aromatic N) is 2. The fraction of sp³-hybridized carbons (Fsp3) is 0.619. The van der Waals surface area contributed by atoms with E-state index >= 15 is 0 Å². The van der Waals surface area contributed by atoms with Crippen molar-refractivity contribution in [3.8, 4) is 0 Å². The highest BCUT2D eigenvalue weighted by molar-refractivity contribution is 7.10. The van der Waals surface area contributed by atoms with Crippen LogP contribution in [0.25, 0.3) is 0 Å². The molecule has 150 valence electrons. The zero-order valence-corrected chi connectivity index (χ0v) is 16.8. The molecule has 0 N–H and O–H groups in total. The third kappa shape index (κ3) is 3.09.